The molecule has 2 aliphatic rings. The highest BCUT2D eigenvalue weighted by atomic mass is 35.5. The number of dihydropyridines is 1. The maximum atomic E-state index is 15.0. The number of allylic oxidation sites excluding steroid dienone is 3. The van der Waals surface area contributed by atoms with Gasteiger partial charge >= 0.3 is 0 Å². The van der Waals surface area contributed by atoms with Crippen molar-refractivity contribution in [2.75, 3.05) is 5.32 Å². The maximum absolute atomic E-state index is 15.0. The van der Waals surface area contributed by atoms with Crippen molar-refractivity contribution in [3.05, 3.63) is 81.0 Å². The fraction of sp³-hybridized carbons (Fsp3) is 0.261. The lowest BCUT2D eigenvalue weighted by molar-refractivity contribution is -0.116. The molecule has 1 aliphatic carbocycles. The van der Waals surface area contributed by atoms with Crippen molar-refractivity contribution in [1.82, 2.24) is 10.3 Å². The highest BCUT2D eigenvalue weighted by Crippen LogP contribution is 2.45. The molecule has 4 rings (SSSR count). The number of carbonyl (C=O) groups is 2. The molecule has 1 unspecified atom stereocenters. The van der Waals surface area contributed by atoms with E-state index in [1.807, 2.05) is 13.0 Å². The Labute approximate surface area is 179 Å². The van der Waals surface area contributed by atoms with Crippen LogP contribution in [0.4, 0.5) is 10.2 Å². The third kappa shape index (κ3) is 3.63. The molecule has 2 N–H and O–H groups in total. The number of aromatic nitrogens is 1. The zero-order valence-corrected chi connectivity index (χ0v) is 17.4. The average molecular weight is 426 g/mol. The molecule has 2 heterocycles. The number of halogens is 2. The Morgan fingerprint density at radius 1 is 1.27 bits per heavy atom. The predicted molar refractivity (Wildman–Crippen MR) is 113 cm³/mol. The number of ketones is 1. The van der Waals surface area contributed by atoms with Crippen LogP contribution in [0.1, 0.15) is 43.2 Å². The minimum atomic E-state index is -0.882. The lowest BCUT2D eigenvalue weighted by Gasteiger charge is -2.35. The van der Waals surface area contributed by atoms with Crippen LogP contribution in [0.3, 0.4) is 0 Å². The molecule has 0 radical (unpaired) electrons. The first kappa shape index (κ1) is 20.3. The summed E-state index contributed by atoms with van der Waals surface area (Å²) < 4.78 is 15.0. The number of anilines is 1. The summed E-state index contributed by atoms with van der Waals surface area (Å²) in [5.74, 6) is -1.60. The van der Waals surface area contributed by atoms with Crippen LogP contribution in [0.25, 0.3) is 0 Å². The van der Waals surface area contributed by atoms with Gasteiger partial charge in [-0.05, 0) is 56.5 Å². The van der Waals surface area contributed by atoms with E-state index in [1.165, 1.54) is 12.1 Å². The molecule has 30 heavy (non-hydrogen) atoms. The summed E-state index contributed by atoms with van der Waals surface area (Å²) in [7, 11) is 0. The van der Waals surface area contributed by atoms with Crippen LogP contribution in [0.2, 0.25) is 5.02 Å². The number of carbonyl (C=O) groups excluding carboxylic acids is 2. The van der Waals surface area contributed by atoms with Gasteiger partial charge in [0, 0.05) is 45.7 Å². The van der Waals surface area contributed by atoms with E-state index in [4.69, 9.17) is 11.6 Å². The first-order valence-corrected chi connectivity index (χ1v) is 10.2. The Balaban J connectivity index is 1.85. The largest absolute Gasteiger partial charge is 0.362 e. The summed E-state index contributed by atoms with van der Waals surface area (Å²) in [4.78, 5) is 30.4. The highest BCUT2D eigenvalue weighted by Gasteiger charge is 2.40. The average Bonchev–Trinajstić information content (AvgIpc) is 2.67. The van der Waals surface area contributed by atoms with Crippen LogP contribution < -0.4 is 10.6 Å². The monoisotopic (exact) mass is 425 g/mol. The van der Waals surface area contributed by atoms with Gasteiger partial charge in [0.25, 0.3) is 5.91 Å². The fourth-order valence-corrected chi connectivity index (χ4v) is 4.42. The molecule has 1 atom stereocenters. The fourth-order valence-electron chi connectivity index (χ4n) is 4.15. The summed E-state index contributed by atoms with van der Waals surface area (Å²) >= 11 is 6.38. The van der Waals surface area contributed by atoms with Gasteiger partial charge in [0.05, 0.1) is 5.92 Å². The zero-order chi connectivity index (χ0) is 21.4. The quantitative estimate of drug-likeness (QED) is 0.741. The number of benzene rings is 1. The third-order valence-electron chi connectivity index (χ3n) is 5.47. The van der Waals surface area contributed by atoms with Gasteiger partial charge in [-0.3, -0.25) is 9.59 Å². The molecule has 0 saturated heterocycles. The highest BCUT2D eigenvalue weighted by molar-refractivity contribution is 6.31. The number of nitrogens with zero attached hydrogens (tertiary/aromatic N) is 1. The van der Waals surface area contributed by atoms with Crippen LogP contribution in [-0.2, 0) is 9.59 Å². The predicted octanol–water partition coefficient (Wildman–Crippen LogP) is 4.79. The second-order valence-corrected chi connectivity index (χ2v) is 7.98. The Bertz CT molecular complexity index is 1100. The summed E-state index contributed by atoms with van der Waals surface area (Å²) in [5.41, 5.74) is 3.07. The van der Waals surface area contributed by atoms with Crippen molar-refractivity contribution in [3.63, 3.8) is 0 Å². The van der Waals surface area contributed by atoms with Crippen molar-refractivity contribution in [3.8, 4) is 0 Å². The molecule has 154 valence electrons. The molecule has 5 nitrogen and oxygen atoms in total. The standard InChI is InChI=1S/C23H21ClFN3O2/c1-12-9-10-26-18(11-12)28-23(30)19-13(2)27-16-7-4-8-17(29)21(16)22(19)20-14(24)5-3-6-15(20)25/h3,5-6,9-11,22,27H,4,7-8H2,1-2H3,(H,26,28,30). The van der Waals surface area contributed by atoms with E-state index in [0.29, 0.717) is 36.4 Å². The Kier molecular flexibility index (Phi) is 5.43. The van der Waals surface area contributed by atoms with Gasteiger partial charge in [-0.15, -0.1) is 0 Å². The van der Waals surface area contributed by atoms with E-state index >= 15 is 0 Å². The van der Waals surface area contributed by atoms with E-state index in [9.17, 15) is 14.0 Å². The first-order valence-electron chi connectivity index (χ1n) is 9.78. The Hall–Kier alpha value is -2.99. The van der Waals surface area contributed by atoms with Gasteiger partial charge in [-0.2, -0.15) is 0 Å². The normalized spacial score (nSPS) is 18.8. The number of aryl methyl sites for hydroxylation is 1. The first-order chi connectivity index (χ1) is 14.4. The molecule has 0 saturated carbocycles. The van der Waals surface area contributed by atoms with E-state index in [0.717, 1.165) is 11.3 Å². The number of hydrogen-bond donors (Lipinski definition) is 2. The van der Waals surface area contributed by atoms with Crippen LogP contribution in [0, 0.1) is 12.7 Å². The Morgan fingerprint density at radius 3 is 2.80 bits per heavy atom. The summed E-state index contributed by atoms with van der Waals surface area (Å²) in [6.45, 7) is 3.65. The van der Waals surface area contributed by atoms with Crippen molar-refractivity contribution >= 4 is 29.1 Å². The molecule has 7 heteroatoms. The zero-order valence-electron chi connectivity index (χ0n) is 16.7. The lowest BCUT2D eigenvalue weighted by atomic mass is 9.75. The molecular formula is C23H21ClFN3O2. The number of pyridine rings is 1. The molecular weight excluding hydrogens is 405 g/mol. The van der Waals surface area contributed by atoms with E-state index in [1.54, 1.807) is 25.3 Å². The maximum Gasteiger partial charge on any atom is 0.255 e. The van der Waals surface area contributed by atoms with Crippen LogP contribution in [0.15, 0.2) is 59.1 Å². The summed E-state index contributed by atoms with van der Waals surface area (Å²) in [6.07, 6.45) is 3.33. The number of nitrogens with one attached hydrogen (secondary N) is 2. The van der Waals surface area contributed by atoms with Gasteiger partial charge in [0.15, 0.2) is 5.78 Å². The molecule has 1 amide bonds. The topological polar surface area (TPSA) is 71.1 Å². The van der Waals surface area contributed by atoms with Gasteiger partial charge in [-0.25, -0.2) is 9.37 Å². The van der Waals surface area contributed by atoms with Gasteiger partial charge in [0.1, 0.15) is 11.6 Å². The SMILES string of the molecule is CC1=C(C(=O)Nc2cc(C)ccn2)C(c2c(F)cccc2Cl)C2=C(CCCC2=O)N1. The summed E-state index contributed by atoms with van der Waals surface area (Å²) in [5, 5.41) is 6.17. The molecule has 0 spiro atoms. The summed E-state index contributed by atoms with van der Waals surface area (Å²) in [6, 6.07) is 7.94. The van der Waals surface area contributed by atoms with E-state index in [-0.39, 0.29) is 21.9 Å². The second-order valence-electron chi connectivity index (χ2n) is 7.57. The lowest BCUT2D eigenvalue weighted by Crippen LogP contribution is -2.36. The van der Waals surface area contributed by atoms with E-state index < -0.39 is 17.6 Å². The number of rotatable bonds is 3. The number of hydrogen-bond acceptors (Lipinski definition) is 4. The van der Waals surface area contributed by atoms with Crippen LogP contribution in [0.5, 0.6) is 0 Å². The molecule has 0 fully saturated rings. The van der Waals surface area contributed by atoms with Gasteiger partial charge < -0.3 is 10.6 Å². The van der Waals surface area contributed by atoms with Gasteiger partial charge in [0.2, 0.25) is 0 Å². The minimum absolute atomic E-state index is 0.0976. The molecule has 2 aromatic rings. The third-order valence-corrected chi connectivity index (χ3v) is 5.80. The molecule has 1 aromatic carbocycles. The Morgan fingerprint density at radius 2 is 2.07 bits per heavy atom. The van der Waals surface area contributed by atoms with E-state index in [2.05, 4.69) is 15.6 Å². The van der Waals surface area contributed by atoms with Crippen molar-refractivity contribution in [1.29, 1.82) is 0 Å². The molecule has 1 aromatic heterocycles. The van der Waals surface area contributed by atoms with Crippen molar-refractivity contribution in [2.45, 2.75) is 39.0 Å². The van der Waals surface area contributed by atoms with Gasteiger partial charge in [-0.1, -0.05) is 17.7 Å². The number of amides is 1. The second kappa shape index (κ2) is 8.03. The smallest absolute Gasteiger partial charge is 0.255 e. The number of Topliss-reactive ketones (excluding diaryl/α,β-unsaturated/α-hetero) is 1. The molecule has 1 aliphatic heterocycles. The van der Waals surface area contributed by atoms with Crippen molar-refractivity contribution < 1.29 is 14.0 Å². The van der Waals surface area contributed by atoms with Crippen LogP contribution in [-0.4, -0.2) is 16.7 Å². The minimum Gasteiger partial charge on any atom is -0.362 e. The molecule has 0 bridgehead atoms. The van der Waals surface area contributed by atoms with Crippen molar-refractivity contribution in [2.24, 2.45) is 0 Å². The van der Waals surface area contributed by atoms with Crippen LogP contribution >= 0.6 is 11.6 Å².